The zero-order valence-corrected chi connectivity index (χ0v) is 19.4. The van der Waals surface area contributed by atoms with Crippen molar-refractivity contribution in [3.63, 3.8) is 0 Å². The molecule has 1 atom stereocenters. The summed E-state index contributed by atoms with van der Waals surface area (Å²) in [6.45, 7) is 10.8. The van der Waals surface area contributed by atoms with Gasteiger partial charge in [0.15, 0.2) is 0 Å². The molecule has 1 N–H and O–H groups in total. The zero-order valence-electron chi connectivity index (χ0n) is 19.4. The number of alkyl carbamates (subject to hydrolysis) is 1. The van der Waals surface area contributed by atoms with Gasteiger partial charge < -0.3 is 29.3 Å². The highest BCUT2D eigenvalue weighted by Gasteiger charge is 2.31. The number of ether oxygens (including phenoxy) is 3. The van der Waals surface area contributed by atoms with Crippen LogP contribution in [0.2, 0.25) is 0 Å². The number of carbonyl (C=O) groups is 4. The van der Waals surface area contributed by atoms with Crippen molar-refractivity contribution in [2.45, 2.75) is 71.9 Å². The van der Waals surface area contributed by atoms with E-state index in [2.05, 4.69) is 5.32 Å². The van der Waals surface area contributed by atoms with Crippen LogP contribution in [0.15, 0.2) is 0 Å². The second-order valence-corrected chi connectivity index (χ2v) is 8.32. The van der Waals surface area contributed by atoms with E-state index in [1.165, 1.54) is 0 Å². The van der Waals surface area contributed by atoms with Crippen LogP contribution in [0.4, 0.5) is 9.59 Å². The summed E-state index contributed by atoms with van der Waals surface area (Å²) in [5.41, 5.74) is -0.720. The molecule has 1 fully saturated rings. The SMILES string of the molecule is CCCCOC(=O)N1CCN(C(=O)[C@H](CCC(=O)OCC)NC(=O)OC(C)(C)C)CC1. The van der Waals surface area contributed by atoms with Crippen molar-refractivity contribution in [1.29, 1.82) is 0 Å². The van der Waals surface area contributed by atoms with E-state index in [9.17, 15) is 19.2 Å². The van der Waals surface area contributed by atoms with E-state index in [4.69, 9.17) is 14.2 Å². The van der Waals surface area contributed by atoms with Crippen molar-refractivity contribution < 1.29 is 33.4 Å². The Labute approximate surface area is 184 Å². The molecule has 10 heteroatoms. The van der Waals surface area contributed by atoms with E-state index >= 15 is 0 Å². The molecule has 1 saturated heterocycles. The third-order valence-electron chi connectivity index (χ3n) is 4.50. The van der Waals surface area contributed by atoms with E-state index in [-0.39, 0.29) is 31.4 Å². The van der Waals surface area contributed by atoms with Gasteiger partial charge >= 0.3 is 18.2 Å². The lowest BCUT2D eigenvalue weighted by Gasteiger charge is -2.36. The number of amides is 3. The second-order valence-electron chi connectivity index (χ2n) is 8.32. The summed E-state index contributed by atoms with van der Waals surface area (Å²) in [6, 6.07) is -0.928. The molecule has 0 aromatic rings. The molecular formula is C21H37N3O7. The second kappa shape index (κ2) is 13.0. The number of hydrogen-bond acceptors (Lipinski definition) is 7. The molecular weight excluding hydrogens is 406 g/mol. The lowest BCUT2D eigenvalue weighted by Crippen LogP contribution is -2.56. The molecule has 1 heterocycles. The van der Waals surface area contributed by atoms with Crippen LogP contribution in [-0.2, 0) is 23.8 Å². The molecule has 1 aliphatic rings. The molecule has 0 radical (unpaired) electrons. The fourth-order valence-electron chi connectivity index (χ4n) is 2.93. The molecule has 0 bridgehead atoms. The summed E-state index contributed by atoms with van der Waals surface area (Å²) >= 11 is 0. The standard InChI is InChI=1S/C21H37N3O7/c1-6-8-15-30-20(28)24-13-11-23(12-14-24)18(26)16(9-10-17(25)29-7-2)22-19(27)31-21(3,4)5/h16H,6-15H2,1-5H3,(H,22,27)/t16-/m0/s1. The number of nitrogens with one attached hydrogen (secondary N) is 1. The smallest absolute Gasteiger partial charge is 0.409 e. The first-order valence-electron chi connectivity index (χ1n) is 10.9. The Morgan fingerprint density at radius 1 is 0.968 bits per heavy atom. The Kier molecular flexibility index (Phi) is 11.1. The highest BCUT2D eigenvalue weighted by molar-refractivity contribution is 5.86. The van der Waals surface area contributed by atoms with Crippen LogP contribution in [0, 0.1) is 0 Å². The molecule has 1 aliphatic heterocycles. The average molecular weight is 444 g/mol. The van der Waals surface area contributed by atoms with Crippen molar-refractivity contribution in [2.75, 3.05) is 39.4 Å². The van der Waals surface area contributed by atoms with Crippen LogP contribution in [-0.4, -0.2) is 84.9 Å². The van der Waals surface area contributed by atoms with Crippen molar-refractivity contribution in [2.24, 2.45) is 0 Å². The first-order chi connectivity index (χ1) is 14.6. The van der Waals surface area contributed by atoms with Gasteiger partial charge in [-0.25, -0.2) is 9.59 Å². The van der Waals surface area contributed by atoms with Gasteiger partial charge in [0.1, 0.15) is 11.6 Å². The van der Waals surface area contributed by atoms with Gasteiger partial charge in [-0.15, -0.1) is 0 Å². The molecule has 10 nitrogen and oxygen atoms in total. The van der Waals surface area contributed by atoms with Gasteiger partial charge in [0.05, 0.1) is 13.2 Å². The number of esters is 1. The predicted octanol–water partition coefficient (Wildman–Crippen LogP) is 2.30. The Hall–Kier alpha value is -2.52. The molecule has 1 rings (SSSR count). The summed E-state index contributed by atoms with van der Waals surface area (Å²) in [6.07, 6.45) is 0.717. The van der Waals surface area contributed by atoms with Crippen molar-refractivity contribution in [3.8, 4) is 0 Å². The largest absolute Gasteiger partial charge is 0.466 e. The number of rotatable bonds is 9. The van der Waals surface area contributed by atoms with Gasteiger partial charge in [0.25, 0.3) is 0 Å². The molecule has 0 saturated carbocycles. The molecule has 0 aromatic carbocycles. The highest BCUT2D eigenvalue weighted by atomic mass is 16.6. The summed E-state index contributed by atoms with van der Waals surface area (Å²) in [4.78, 5) is 52.2. The van der Waals surface area contributed by atoms with Crippen molar-refractivity contribution >= 4 is 24.1 Å². The molecule has 178 valence electrons. The maximum atomic E-state index is 13.0. The predicted molar refractivity (Wildman–Crippen MR) is 113 cm³/mol. The van der Waals surface area contributed by atoms with Crippen LogP contribution in [0.3, 0.4) is 0 Å². The number of piperazine rings is 1. The van der Waals surface area contributed by atoms with E-state index in [1.807, 2.05) is 6.92 Å². The molecule has 31 heavy (non-hydrogen) atoms. The minimum Gasteiger partial charge on any atom is -0.466 e. The molecule has 0 aromatic heterocycles. The lowest BCUT2D eigenvalue weighted by molar-refractivity contribution is -0.143. The van der Waals surface area contributed by atoms with Gasteiger partial charge in [0, 0.05) is 32.6 Å². The van der Waals surface area contributed by atoms with Crippen LogP contribution in [0.25, 0.3) is 0 Å². The first kappa shape index (κ1) is 26.5. The topological polar surface area (TPSA) is 114 Å². The fourth-order valence-corrected chi connectivity index (χ4v) is 2.93. The molecule has 3 amide bonds. The first-order valence-corrected chi connectivity index (χ1v) is 10.9. The Morgan fingerprint density at radius 2 is 1.58 bits per heavy atom. The van der Waals surface area contributed by atoms with Gasteiger partial charge in [-0.1, -0.05) is 13.3 Å². The van der Waals surface area contributed by atoms with Crippen LogP contribution < -0.4 is 5.32 Å². The maximum absolute atomic E-state index is 13.0. The summed E-state index contributed by atoms with van der Waals surface area (Å²) < 4.78 is 15.4. The maximum Gasteiger partial charge on any atom is 0.409 e. The summed E-state index contributed by atoms with van der Waals surface area (Å²) in [5, 5.41) is 2.57. The zero-order chi connectivity index (χ0) is 23.4. The summed E-state index contributed by atoms with van der Waals surface area (Å²) in [7, 11) is 0. The molecule has 0 aliphatic carbocycles. The third-order valence-corrected chi connectivity index (χ3v) is 4.50. The molecule has 0 spiro atoms. The number of nitrogens with zero attached hydrogens (tertiary/aromatic N) is 2. The van der Waals surface area contributed by atoms with Crippen molar-refractivity contribution in [3.05, 3.63) is 0 Å². The van der Waals surface area contributed by atoms with Crippen molar-refractivity contribution in [1.82, 2.24) is 15.1 Å². The number of unbranched alkanes of at least 4 members (excludes halogenated alkanes) is 1. The Bertz CT molecular complexity index is 611. The minimum absolute atomic E-state index is 0.0102. The van der Waals surface area contributed by atoms with Crippen LogP contribution in [0.5, 0.6) is 0 Å². The van der Waals surface area contributed by atoms with Crippen LogP contribution in [0.1, 0.15) is 60.3 Å². The lowest BCUT2D eigenvalue weighted by atomic mass is 10.1. The number of carbonyl (C=O) groups excluding carboxylic acids is 4. The normalized spacial score (nSPS) is 15.1. The fraction of sp³-hybridized carbons (Fsp3) is 0.810. The van der Waals surface area contributed by atoms with Gasteiger partial charge in [0.2, 0.25) is 5.91 Å². The highest BCUT2D eigenvalue weighted by Crippen LogP contribution is 2.12. The van der Waals surface area contributed by atoms with Crippen LogP contribution >= 0.6 is 0 Å². The van der Waals surface area contributed by atoms with E-state index < -0.39 is 23.7 Å². The van der Waals surface area contributed by atoms with E-state index in [0.29, 0.717) is 32.8 Å². The summed E-state index contributed by atoms with van der Waals surface area (Å²) in [5.74, 6) is -0.764. The average Bonchev–Trinajstić information content (AvgIpc) is 2.69. The Balaban J connectivity index is 2.68. The minimum atomic E-state index is -0.928. The third kappa shape index (κ3) is 10.4. The quantitative estimate of drug-likeness (QED) is 0.330. The van der Waals surface area contributed by atoms with Gasteiger partial charge in [-0.3, -0.25) is 9.59 Å². The van der Waals surface area contributed by atoms with Gasteiger partial charge in [-0.2, -0.15) is 0 Å². The monoisotopic (exact) mass is 443 g/mol. The van der Waals surface area contributed by atoms with E-state index in [1.54, 1.807) is 37.5 Å². The number of hydrogen-bond donors (Lipinski definition) is 1. The Morgan fingerprint density at radius 3 is 2.13 bits per heavy atom. The molecule has 0 unspecified atom stereocenters. The van der Waals surface area contributed by atoms with Gasteiger partial charge in [-0.05, 0) is 40.5 Å². The van der Waals surface area contributed by atoms with E-state index in [0.717, 1.165) is 12.8 Å².